The second-order valence-electron chi connectivity index (χ2n) is 8.77. The fraction of sp³-hybridized carbons (Fsp3) is 0.440. The lowest BCUT2D eigenvalue weighted by Gasteiger charge is -2.22. The van der Waals surface area contributed by atoms with Crippen LogP contribution in [0.2, 0.25) is 0 Å². The largest absolute Gasteiger partial charge is 0.491 e. The zero-order valence-electron chi connectivity index (χ0n) is 18.6. The molecule has 1 saturated heterocycles. The van der Waals surface area contributed by atoms with Gasteiger partial charge in [-0.25, -0.2) is 0 Å². The number of pyridine rings is 1. The fourth-order valence-electron chi connectivity index (χ4n) is 4.38. The SMILES string of the molecule is N=C(N)c1ccc(-c2ccc(OC[C@@H]3C[C@@H](CC(=O)OC4CCCCC4)C(=O)N3)cc2)nc1. The summed E-state index contributed by atoms with van der Waals surface area (Å²) in [5.41, 5.74) is 7.74. The molecule has 8 heteroatoms. The molecule has 0 radical (unpaired) electrons. The molecule has 0 unspecified atom stereocenters. The molecule has 4 N–H and O–H groups in total. The minimum absolute atomic E-state index is 0.0137. The molecule has 33 heavy (non-hydrogen) atoms. The van der Waals surface area contributed by atoms with E-state index >= 15 is 0 Å². The monoisotopic (exact) mass is 450 g/mol. The maximum atomic E-state index is 12.3. The highest BCUT2D eigenvalue weighted by molar-refractivity contribution is 5.94. The van der Waals surface area contributed by atoms with Crippen molar-refractivity contribution in [2.75, 3.05) is 6.61 Å². The Hall–Kier alpha value is -3.42. The number of nitrogens with zero attached hydrogens (tertiary/aromatic N) is 1. The summed E-state index contributed by atoms with van der Waals surface area (Å²) < 4.78 is 11.4. The van der Waals surface area contributed by atoms with Crippen LogP contribution in [-0.4, -0.2) is 41.4 Å². The van der Waals surface area contributed by atoms with Gasteiger partial charge in [0, 0.05) is 17.3 Å². The van der Waals surface area contributed by atoms with Crippen molar-refractivity contribution in [2.45, 2.75) is 57.1 Å². The van der Waals surface area contributed by atoms with Gasteiger partial charge >= 0.3 is 5.97 Å². The van der Waals surface area contributed by atoms with Crippen LogP contribution in [0.25, 0.3) is 11.3 Å². The first-order valence-electron chi connectivity index (χ1n) is 11.5. The van der Waals surface area contributed by atoms with Crippen LogP contribution in [0.3, 0.4) is 0 Å². The fourth-order valence-corrected chi connectivity index (χ4v) is 4.38. The number of esters is 1. The molecule has 2 aromatic rings. The smallest absolute Gasteiger partial charge is 0.306 e. The van der Waals surface area contributed by atoms with Gasteiger partial charge in [0.1, 0.15) is 24.3 Å². The Bertz CT molecular complexity index is 984. The molecule has 174 valence electrons. The van der Waals surface area contributed by atoms with Gasteiger partial charge in [-0.1, -0.05) is 6.42 Å². The molecule has 0 spiro atoms. The van der Waals surface area contributed by atoms with Crippen LogP contribution < -0.4 is 15.8 Å². The molecule has 1 aliphatic carbocycles. The predicted molar refractivity (Wildman–Crippen MR) is 124 cm³/mol. The molecule has 2 aliphatic rings. The maximum absolute atomic E-state index is 12.3. The third-order valence-corrected chi connectivity index (χ3v) is 6.23. The summed E-state index contributed by atoms with van der Waals surface area (Å²) in [6.45, 7) is 0.338. The summed E-state index contributed by atoms with van der Waals surface area (Å²) in [6, 6.07) is 11.0. The van der Waals surface area contributed by atoms with Crippen LogP contribution >= 0.6 is 0 Å². The number of hydrogen-bond acceptors (Lipinski definition) is 6. The summed E-state index contributed by atoms with van der Waals surface area (Å²) in [5, 5.41) is 10.4. The highest BCUT2D eigenvalue weighted by atomic mass is 16.5. The number of carbonyl (C=O) groups is 2. The van der Waals surface area contributed by atoms with E-state index in [1.807, 2.05) is 30.3 Å². The Labute approximate surface area is 193 Å². The van der Waals surface area contributed by atoms with Gasteiger partial charge in [0.05, 0.1) is 24.1 Å². The topological polar surface area (TPSA) is 127 Å². The Kier molecular flexibility index (Phi) is 7.22. The number of nitrogens with two attached hydrogens (primary N) is 1. The van der Waals surface area contributed by atoms with Crippen LogP contribution in [0.1, 0.15) is 50.5 Å². The molecule has 1 aliphatic heterocycles. The Morgan fingerprint density at radius 2 is 1.88 bits per heavy atom. The van der Waals surface area contributed by atoms with Gasteiger partial charge < -0.3 is 20.5 Å². The number of carbonyl (C=O) groups excluding carboxylic acids is 2. The van der Waals surface area contributed by atoms with E-state index in [0.29, 0.717) is 24.3 Å². The minimum atomic E-state index is -0.360. The first-order chi connectivity index (χ1) is 16.0. The zero-order chi connectivity index (χ0) is 23.2. The second-order valence-corrected chi connectivity index (χ2v) is 8.77. The van der Waals surface area contributed by atoms with Crippen molar-refractivity contribution >= 4 is 17.7 Å². The number of amides is 1. The molecule has 1 amide bonds. The zero-order valence-corrected chi connectivity index (χ0v) is 18.6. The summed E-state index contributed by atoms with van der Waals surface area (Å²) in [6.07, 6.45) is 7.54. The van der Waals surface area contributed by atoms with Crippen molar-refractivity contribution in [3.05, 3.63) is 48.2 Å². The average Bonchev–Trinajstić information content (AvgIpc) is 3.17. The lowest BCUT2D eigenvalue weighted by Crippen LogP contribution is -2.31. The quantitative estimate of drug-likeness (QED) is 0.322. The molecule has 1 aromatic carbocycles. The lowest BCUT2D eigenvalue weighted by atomic mass is 9.97. The molecule has 8 nitrogen and oxygen atoms in total. The number of nitrogen functional groups attached to an aromatic ring is 1. The van der Waals surface area contributed by atoms with Gasteiger partial charge in [-0.15, -0.1) is 0 Å². The third-order valence-electron chi connectivity index (χ3n) is 6.23. The van der Waals surface area contributed by atoms with E-state index in [1.54, 1.807) is 12.3 Å². The number of ether oxygens (including phenoxy) is 2. The van der Waals surface area contributed by atoms with E-state index in [4.69, 9.17) is 20.6 Å². The first-order valence-corrected chi connectivity index (χ1v) is 11.5. The van der Waals surface area contributed by atoms with E-state index < -0.39 is 0 Å². The van der Waals surface area contributed by atoms with Crippen LogP contribution in [0.4, 0.5) is 0 Å². The van der Waals surface area contributed by atoms with Crippen molar-refractivity contribution < 1.29 is 19.1 Å². The van der Waals surface area contributed by atoms with E-state index in [0.717, 1.165) is 36.9 Å². The number of aromatic nitrogens is 1. The molecule has 2 heterocycles. The Balaban J connectivity index is 1.24. The highest BCUT2D eigenvalue weighted by Gasteiger charge is 2.34. The predicted octanol–water partition coefficient (Wildman–Crippen LogP) is 3.18. The van der Waals surface area contributed by atoms with E-state index in [9.17, 15) is 9.59 Å². The molecule has 1 saturated carbocycles. The average molecular weight is 451 g/mol. The number of amidine groups is 1. The summed E-state index contributed by atoms with van der Waals surface area (Å²) >= 11 is 0. The van der Waals surface area contributed by atoms with E-state index in [1.165, 1.54) is 6.42 Å². The molecular formula is C25H30N4O4. The molecule has 0 bridgehead atoms. The van der Waals surface area contributed by atoms with Gasteiger partial charge in [-0.05, 0) is 68.5 Å². The van der Waals surface area contributed by atoms with Crippen molar-refractivity contribution in [3.63, 3.8) is 0 Å². The number of nitrogens with one attached hydrogen (secondary N) is 2. The standard InChI is InChI=1S/C25H30N4O4/c26-24(27)17-8-11-22(28-14-17)16-6-9-20(10-7-16)32-15-19-12-18(25(31)29-19)13-23(30)33-21-4-2-1-3-5-21/h6-11,14,18-19,21H,1-5,12-13,15H2,(H3,26,27)(H,29,31)/t18-,19-/m0/s1. The number of rotatable bonds is 8. The number of hydrogen-bond donors (Lipinski definition) is 3. The van der Waals surface area contributed by atoms with Crippen LogP contribution in [0.15, 0.2) is 42.6 Å². The summed E-state index contributed by atoms with van der Waals surface area (Å²) in [4.78, 5) is 28.9. The second kappa shape index (κ2) is 10.5. The lowest BCUT2D eigenvalue weighted by molar-refractivity contribution is -0.152. The summed E-state index contributed by atoms with van der Waals surface area (Å²) in [7, 11) is 0. The van der Waals surface area contributed by atoms with Crippen molar-refractivity contribution in [1.82, 2.24) is 10.3 Å². The van der Waals surface area contributed by atoms with Crippen molar-refractivity contribution in [1.29, 1.82) is 5.41 Å². The highest BCUT2D eigenvalue weighted by Crippen LogP contribution is 2.25. The van der Waals surface area contributed by atoms with Crippen LogP contribution in [0.5, 0.6) is 5.75 Å². The van der Waals surface area contributed by atoms with E-state index in [2.05, 4.69) is 10.3 Å². The first kappa shape index (κ1) is 22.8. The summed E-state index contributed by atoms with van der Waals surface area (Å²) in [5.74, 6) is -0.0708. The normalized spacial score (nSPS) is 20.8. The maximum Gasteiger partial charge on any atom is 0.306 e. The third kappa shape index (κ3) is 6.09. The van der Waals surface area contributed by atoms with Gasteiger partial charge in [0.25, 0.3) is 0 Å². The molecule has 1 aromatic heterocycles. The minimum Gasteiger partial charge on any atom is -0.491 e. The van der Waals surface area contributed by atoms with Gasteiger partial charge in [0.15, 0.2) is 0 Å². The van der Waals surface area contributed by atoms with Gasteiger partial charge in [-0.3, -0.25) is 20.0 Å². The molecule has 4 rings (SSSR count). The molecule has 2 fully saturated rings. The van der Waals surface area contributed by atoms with Crippen molar-refractivity contribution in [2.24, 2.45) is 11.7 Å². The number of benzene rings is 1. The van der Waals surface area contributed by atoms with Crippen LogP contribution in [-0.2, 0) is 14.3 Å². The molecular weight excluding hydrogens is 420 g/mol. The van der Waals surface area contributed by atoms with Crippen LogP contribution in [0, 0.1) is 11.3 Å². The van der Waals surface area contributed by atoms with Crippen molar-refractivity contribution in [3.8, 4) is 17.0 Å². The van der Waals surface area contributed by atoms with Gasteiger partial charge in [-0.2, -0.15) is 0 Å². The Morgan fingerprint density at radius 1 is 1.12 bits per heavy atom. The van der Waals surface area contributed by atoms with E-state index in [-0.39, 0.29) is 42.2 Å². The Morgan fingerprint density at radius 3 is 2.55 bits per heavy atom. The molecule has 2 atom stereocenters. The van der Waals surface area contributed by atoms with Gasteiger partial charge in [0.2, 0.25) is 5.91 Å².